The summed E-state index contributed by atoms with van der Waals surface area (Å²) in [6.07, 6.45) is 0. The summed E-state index contributed by atoms with van der Waals surface area (Å²) in [6.45, 7) is 7.68. The van der Waals surface area contributed by atoms with Gasteiger partial charge in [0.25, 0.3) is 0 Å². The predicted octanol–water partition coefficient (Wildman–Crippen LogP) is 2.93. The van der Waals surface area contributed by atoms with Crippen LogP contribution in [0.15, 0.2) is 29.2 Å². The minimum absolute atomic E-state index is 0. The smallest absolute Gasteiger partial charge is 0.247 e. The molecule has 0 saturated carbocycles. The van der Waals surface area contributed by atoms with Crippen molar-refractivity contribution in [1.82, 2.24) is 19.4 Å². The van der Waals surface area contributed by atoms with Gasteiger partial charge in [0, 0.05) is 31.2 Å². The zero-order chi connectivity index (χ0) is 18.2. The number of piperazine rings is 1. The molecular formula is C17H24Cl2N4O2S. The number of nitrogens with zero attached hydrogens (tertiary/aromatic N) is 3. The second kappa shape index (κ2) is 8.27. The van der Waals surface area contributed by atoms with Gasteiger partial charge in [0.1, 0.15) is 4.90 Å². The molecule has 3 rings (SSSR count). The van der Waals surface area contributed by atoms with Gasteiger partial charge in [-0.3, -0.25) is 4.68 Å². The number of aromatic nitrogens is 2. The molecule has 0 bridgehead atoms. The number of hydrogen-bond donors (Lipinski definition) is 1. The van der Waals surface area contributed by atoms with E-state index >= 15 is 0 Å². The van der Waals surface area contributed by atoms with Crippen LogP contribution in [0.3, 0.4) is 0 Å². The van der Waals surface area contributed by atoms with E-state index in [2.05, 4.69) is 10.4 Å². The summed E-state index contributed by atoms with van der Waals surface area (Å²) < 4.78 is 30.2. The van der Waals surface area contributed by atoms with E-state index in [-0.39, 0.29) is 18.4 Å². The normalized spacial score (nSPS) is 18.5. The molecule has 1 N–H and O–H groups in total. The van der Waals surface area contributed by atoms with Crippen molar-refractivity contribution in [2.24, 2.45) is 0 Å². The van der Waals surface area contributed by atoms with Crippen LogP contribution in [-0.2, 0) is 16.6 Å². The van der Waals surface area contributed by atoms with Gasteiger partial charge < -0.3 is 5.32 Å². The molecule has 1 aliphatic heterocycles. The molecule has 0 radical (unpaired) electrons. The zero-order valence-corrected chi connectivity index (χ0v) is 17.5. The first-order valence-corrected chi connectivity index (χ1v) is 10.2. The Morgan fingerprint density at radius 2 is 2.00 bits per heavy atom. The molecule has 1 fully saturated rings. The quantitative estimate of drug-likeness (QED) is 0.828. The molecule has 2 heterocycles. The Morgan fingerprint density at radius 3 is 2.62 bits per heavy atom. The van der Waals surface area contributed by atoms with Crippen LogP contribution in [-0.4, -0.2) is 42.1 Å². The van der Waals surface area contributed by atoms with Gasteiger partial charge in [0.15, 0.2) is 0 Å². The van der Waals surface area contributed by atoms with E-state index in [4.69, 9.17) is 11.6 Å². The highest BCUT2D eigenvalue weighted by molar-refractivity contribution is 7.89. The fraction of sp³-hybridized carbons (Fsp3) is 0.471. The lowest BCUT2D eigenvalue weighted by molar-refractivity contribution is 0.271. The highest BCUT2D eigenvalue weighted by atomic mass is 35.5. The lowest BCUT2D eigenvalue weighted by atomic mass is 10.1. The van der Waals surface area contributed by atoms with Gasteiger partial charge in [-0.25, -0.2) is 8.42 Å². The summed E-state index contributed by atoms with van der Waals surface area (Å²) in [5.74, 6) is 0. The van der Waals surface area contributed by atoms with Gasteiger partial charge in [0.05, 0.1) is 17.4 Å². The molecular weight excluding hydrogens is 395 g/mol. The van der Waals surface area contributed by atoms with Gasteiger partial charge in [-0.2, -0.15) is 9.40 Å². The molecule has 0 amide bonds. The summed E-state index contributed by atoms with van der Waals surface area (Å²) in [4.78, 5) is 0.313. The van der Waals surface area contributed by atoms with E-state index in [1.165, 1.54) is 0 Å². The third-order valence-corrected chi connectivity index (χ3v) is 7.15. The van der Waals surface area contributed by atoms with Crippen molar-refractivity contribution < 1.29 is 8.42 Å². The molecule has 1 aromatic carbocycles. The summed E-state index contributed by atoms with van der Waals surface area (Å²) >= 11 is 6.34. The molecule has 1 aliphatic rings. The highest BCUT2D eigenvalue weighted by Crippen LogP contribution is 2.34. The number of nitrogens with one attached hydrogen (secondary N) is 1. The first-order chi connectivity index (χ1) is 11.9. The van der Waals surface area contributed by atoms with E-state index in [1.807, 2.05) is 32.0 Å². The van der Waals surface area contributed by atoms with Crippen LogP contribution in [0.2, 0.25) is 5.02 Å². The molecule has 1 unspecified atom stereocenters. The van der Waals surface area contributed by atoms with Crippen LogP contribution in [0.1, 0.15) is 29.9 Å². The number of benzene rings is 1. The minimum atomic E-state index is -3.68. The van der Waals surface area contributed by atoms with Gasteiger partial charge in [0.2, 0.25) is 10.0 Å². The molecule has 144 valence electrons. The summed E-state index contributed by atoms with van der Waals surface area (Å²) in [5.41, 5.74) is 2.03. The summed E-state index contributed by atoms with van der Waals surface area (Å²) in [6, 6.07) is 7.07. The third-order valence-electron chi connectivity index (χ3n) is 4.64. The first-order valence-electron chi connectivity index (χ1n) is 8.39. The van der Waals surface area contributed by atoms with Crippen molar-refractivity contribution >= 4 is 34.0 Å². The Morgan fingerprint density at radius 1 is 1.31 bits per heavy atom. The molecule has 1 saturated heterocycles. The predicted molar refractivity (Wildman–Crippen MR) is 106 cm³/mol. The molecule has 6 nitrogen and oxygen atoms in total. The third kappa shape index (κ3) is 3.64. The largest absolute Gasteiger partial charge is 0.313 e. The van der Waals surface area contributed by atoms with Gasteiger partial charge in [-0.05, 0) is 32.4 Å². The van der Waals surface area contributed by atoms with E-state index in [1.54, 1.807) is 22.0 Å². The molecule has 0 spiro atoms. The van der Waals surface area contributed by atoms with Crippen molar-refractivity contribution in [3.63, 3.8) is 0 Å². The Labute approximate surface area is 166 Å². The maximum absolute atomic E-state index is 13.5. The molecule has 26 heavy (non-hydrogen) atoms. The Bertz CT molecular complexity index is 883. The Hall–Kier alpha value is -1.12. The fourth-order valence-corrected chi connectivity index (χ4v) is 5.71. The van der Waals surface area contributed by atoms with Crippen molar-refractivity contribution in [1.29, 1.82) is 0 Å². The van der Waals surface area contributed by atoms with Crippen molar-refractivity contribution in [3.8, 4) is 0 Å². The van der Waals surface area contributed by atoms with E-state index in [0.29, 0.717) is 47.5 Å². The molecule has 0 aliphatic carbocycles. The average Bonchev–Trinajstić information content (AvgIpc) is 2.89. The topological polar surface area (TPSA) is 67.2 Å². The van der Waals surface area contributed by atoms with Crippen LogP contribution in [0.5, 0.6) is 0 Å². The molecule has 1 aromatic heterocycles. The minimum Gasteiger partial charge on any atom is -0.313 e. The van der Waals surface area contributed by atoms with E-state index < -0.39 is 10.0 Å². The highest BCUT2D eigenvalue weighted by Gasteiger charge is 2.38. The van der Waals surface area contributed by atoms with Crippen LogP contribution in [0.4, 0.5) is 0 Å². The average molecular weight is 419 g/mol. The van der Waals surface area contributed by atoms with E-state index in [9.17, 15) is 8.42 Å². The van der Waals surface area contributed by atoms with Gasteiger partial charge in [-0.15, -0.1) is 12.4 Å². The van der Waals surface area contributed by atoms with Crippen LogP contribution in [0, 0.1) is 13.8 Å². The van der Waals surface area contributed by atoms with Crippen molar-refractivity contribution in [2.45, 2.75) is 38.3 Å². The summed E-state index contributed by atoms with van der Waals surface area (Å²) in [5, 5.41) is 8.23. The monoisotopic (exact) mass is 418 g/mol. The maximum atomic E-state index is 13.5. The van der Waals surface area contributed by atoms with Crippen LogP contribution in [0.25, 0.3) is 0 Å². The molecule has 1 atom stereocenters. The fourth-order valence-electron chi connectivity index (χ4n) is 3.46. The Kier molecular flexibility index (Phi) is 6.74. The van der Waals surface area contributed by atoms with Crippen molar-refractivity contribution in [3.05, 3.63) is 46.2 Å². The molecule has 9 heteroatoms. The number of rotatable bonds is 4. The number of aryl methyl sites for hydroxylation is 2. The SMILES string of the molecule is CCn1nc(C)c(S(=O)(=O)N2CCNCC2c2ccccc2Cl)c1C.Cl. The van der Waals surface area contributed by atoms with Crippen LogP contribution >= 0.6 is 24.0 Å². The second-order valence-corrected chi connectivity index (χ2v) is 8.41. The number of hydrogen-bond acceptors (Lipinski definition) is 4. The standard InChI is InChI=1S/C17H23ClN4O2S.ClH/c1-4-21-13(3)17(12(2)20-21)25(23,24)22-10-9-19-11-16(22)14-7-5-6-8-15(14)18;/h5-8,16,19H,4,9-11H2,1-3H3;1H. The lowest BCUT2D eigenvalue weighted by Crippen LogP contribution is -2.48. The number of sulfonamides is 1. The Balaban J connectivity index is 0.00000243. The van der Waals surface area contributed by atoms with Crippen LogP contribution < -0.4 is 5.32 Å². The van der Waals surface area contributed by atoms with Crippen molar-refractivity contribution in [2.75, 3.05) is 19.6 Å². The maximum Gasteiger partial charge on any atom is 0.247 e. The summed E-state index contributed by atoms with van der Waals surface area (Å²) in [7, 11) is -3.68. The second-order valence-electron chi connectivity index (χ2n) is 6.17. The zero-order valence-electron chi connectivity index (χ0n) is 15.1. The molecule has 2 aromatic rings. The number of halogens is 2. The first kappa shape index (κ1) is 21.2. The lowest BCUT2D eigenvalue weighted by Gasteiger charge is -2.35. The van der Waals surface area contributed by atoms with E-state index in [0.717, 1.165) is 5.56 Å². The van der Waals surface area contributed by atoms with Gasteiger partial charge >= 0.3 is 0 Å². The van der Waals surface area contributed by atoms with Gasteiger partial charge in [-0.1, -0.05) is 29.8 Å².